The number of nitrogens with zero attached hydrogens (tertiary/aromatic N) is 4. The zero-order chi connectivity index (χ0) is 24.9. The van der Waals surface area contributed by atoms with Gasteiger partial charge in [0.1, 0.15) is 5.52 Å². The summed E-state index contributed by atoms with van der Waals surface area (Å²) in [4.78, 5) is 29.0. The largest absolute Gasteiger partial charge is 0.389 e. The lowest BCUT2D eigenvalue weighted by atomic mass is 10.1. The molecule has 4 rings (SSSR count). The molecule has 0 aliphatic rings. The molecule has 0 aliphatic carbocycles. The van der Waals surface area contributed by atoms with Crippen LogP contribution < -0.4 is 10.5 Å². The van der Waals surface area contributed by atoms with E-state index in [4.69, 9.17) is 4.74 Å². The lowest BCUT2D eigenvalue weighted by molar-refractivity contribution is 0.0246. The van der Waals surface area contributed by atoms with E-state index in [2.05, 4.69) is 12.0 Å². The smallest absolute Gasteiger partial charge is 0.291 e. The summed E-state index contributed by atoms with van der Waals surface area (Å²) in [7, 11) is 1.81. The molecule has 1 amide bonds. The van der Waals surface area contributed by atoms with Crippen molar-refractivity contribution in [2.24, 2.45) is 7.05 Å². The summed E-state index contributed by atoms with van der Waals surface area (Å²) in [5.74, 6) is -0.303. The molecule has 184 valence electrons. The number of aliphatic hydroxyl groups is 1. The van der Waals surface area contributed by atoms with Gasteiger partial charge in [0, 0.05) is 42.2 Å². The Hall–Kier alpha value is -3.49. The third kappa shape index (κ3) is 4.85. The Labute approximate surface area is 204 Å². The summed E-state index contributed by atoms with van der Waals surface area (Å²) in [5.41, 5.74) is 1.79. The number of aryl methyl sites for hydroxylation is 1. The van der Waals surface area contributed by atoms with E-state index in [1.165, 1.54) is 4.68 Å². The van der Waals surface area contributed by atoms with Crippen LogP contribution in [0, 0.1) is 0 Å². The Morgan fingerprint density at radius 3 is 2.54 bits per heavy atom. The third-order valence-electron chi connectivity index (χ3n) is 6.17. The Balaban J connectivity index is 1.85. The maximum atomic E-state index is 13.9. The van der Waals surface area contributed by atoms with Crippen LogP contribution in [0.2, 0.25) is 0 Å². The van der Waals surface area contributed by atoms with Gasteiger partial charge in [-0.05, 0) is 31.5 Å². The molecule has 0 aliphatic heterocycles. The summed E-state index contributed by atoms with van der Waals surface area (Å²) in [6.45, 7) is 4.97. The first kappa shape index (κ1) is 24.6. The molecule has 0 radical (unpaired) electrons. The van der Waals surface area contributed by atoms with Gasteiger partial charge in [-0.1, -0.05) is 49.7 Å². The number of aliphatic hydroxyl groups excluding tert-OH is 1. The number of anilines is 1. The highest BCUT2D eigenvalue weighted by atomic mass is 16.5. The first-order chi connectivity index (χ1) is 17.0. The molecule has 8 nitrogen and oxygen atoms in total. The summed E-state index contributed by atoms with van der Waals surface area (Å²) in [6, 6.07) is 17.0. The predicted octanol–water partition coefficient (Wildman–Crippen LogP) is 3.73. The lowest BCUT2D eigenvalue weighted by Crippen LogP contribution is -2.36. The van der Waals surface area contributed by atoms with E-state index in [1.807, 2.05) is 68.6 Å². The van der Waals surface area contributed by atoms with Crippen LogP contribution in [0.25, 0.3) is 21.8 Å². The van der Waals surface area contributed by atoms with E-state index in [1.54, 1.807) is 9.47 Å². The van der Waals surface area contributed by atoms with Crippen molar-refractivity contribution in [1.82, 2.24) is 14.3 Å². The second kappa shape index (κ2) is 10.8. The minimum atomic E-state index is -0.927. The number of hydrogen-bond acceptors (Lipinski definition) is 5. The molecule has 0 saturated heterocycles. The first-order valence-corrected chi connectivity index (χ1v) is 12.1. The zero-order valence-corrected chi connectivity index (χ0v) is 20.5. The molecule has 1 N–H and O–H groups in total. The van der Waals surface area contributed by atoms with Crippen molar-refractivity contribution in [2.45, 2.75) is 39.3 Å². The molecule has 0 saturated carbocycles. The molecule has 2 heterocycles. The van der Waals surface area contributed by atoms with Gasteiger partial charge in [0.05, 0.1) is 19.3 Å². The summed E-state index contributed by atoms with van der Waals surface area (Å²) >= 11 is 0. The van der Waals surface area contributed by atoms with Crippen molar-refractivity contribution in [2.75, 3.05) is 24.7 Å². The van der Waals surface area contributed by atoms with Crippen LogP contribution in [0.4, 0.5) is 5.69 Å². The summed E-state index contributed by atoms with van der Waals surface area (Å²) < 4.78 is 8.52. The maximum Gasteiger partial charge on any atom is 0.291 e. The molecule has 0 spiro atoms. The Kier molecular flexibility index (Phi) is 7.63. The summed E-state index contributed by atoms with van der Waals surface area (Å²) in [6.07, 6.45) is 0.969. The van der Waals surface area contributed by atoms with Gasteiger partial charge in [0.15, 0.2) is 5.69 Å². The van der Waals surface area contributed by atoms with Gasteiger partial charge >= 0.3 is 0 Å². The molecule has 1 atom stereocenters. The molecule has 0 bridgehead atoms. The Morgan fingerprint density at radius 1 is 1.11 bits per heavy atom. The number of hydrogen-bond donors (Lipinski definition) is 1. The first-order valence-electron chi connectivity index (χ1n) is 12.1. The van der Waals surface area contributed by atoms with Crippen LogP contribution >= 0.6 is 0 Å². The zero-order valence-electron chi connectivity index (χ0n) is 20.5. The fourth-order valence-corrected chi connectivity index (χ4v) is 4.39. The SMILES string of the molecule is CCCCOC[C@H](O)Cn1nc(C(=O)N(CC)c2ccccc2)c2c3ccccc3n(C)c2c1=O. The molecule has 2 aromatic carbocycles. The topological polar surface area (TPSA) is 89.6 Å². The average molecular weight is 477 g/mol. The quantitative estimate of drug-likeness (QED) is 0.352. The fourth-order valence-electron chi connectivity index (χ4n) is 4.39. The molecule has 0 fully saturated rings. The van der Waals surface area contributed by atoms with Gasteiger partial charge in [-0.2, -0.15) is 5.10 Å². The molecule has 2 aromatic heterocycles. The number of fused-ring (bicyclic) bond motifs is 3. The van der Waals surface area contributed by atoms with E-state index >= 15 is 0 Å². The van der Waals surface area contributed by atoms with Crippen molar-refractivity contribution in [3.8, 4) is 0 Å². The maximum absolute atomic E-state index is 13.9. The molecule has 0 unspecified atom stereocenters. The number of amides is 1. The van der Waals surface area contributed by atoms with Crippen LogP contribution in [0.1, 0.15) is 37.2 Å². The van der Waals surface area contributed by atoms with Crippen LogP contribution in [-0.4, -0.2) is 51.2 Å². The van der Waals surface area contributed by atoms with E-state index in [0.717, 1.165) is 29.4 Å². The number of benzene rings is 2. The van der Waals surface area contributed by atoms with Gasteiger partial charge < -0.3 is 19.3 Å². The van der Waals surface area contributed by atoms with Crippen LogP contribution in [0.5, 0.6) is 0 Å². The molecule has 8 heteroatoms. The van der Waals surface area contributed by atoms with Gasteiger partial charge in [0.25, 0.3) is 11.5 Å². The molecule has 4 aromatic rings. The normalized spacial score (nSPS) is 12.3. The van der Waals surface area contributed by atoms with Crippen molar-refractivity contribution in [3.05, 3.63) is 70.6 Å². The molecular formula is C27H32N4O4. The molecular weight excluding hydrogens is 444 g/mol. The number of ether oxygens (including phenoxy) is 1. The monoisotopic (exact) mass is 476 g/mol. The third-order valence-corrected chi connectivity index (χ3v) is 6.17. The van der Waals surface area contributed by atoms with Crippen LogP contribution in [-0.2, 0) is 18.3 Å². The van der Waals surface area contributed by atoms with E-state index in [0.29, 0.717) is 24.1 Å². The van der Waals surface area contributed by atoms with Crippen molar-refractivity contribution < 1.29 is 14.6 Å². The number of carbonyl (C=O) groups is 1. The fraction of sp³-hybridized carbons (Fsp3) is 0.370. The number of unbranched alkanes of at least 4 members (excludes halogenated alkanes) is 1. The van der Waals surface area contributed by atoms with Gasteiger partial charge in [-0.25, -0.2) is 4.68 Å². The van der Waals surface area contributed by atoms with Crippen molar-refractivity contribution in [1.29, 1.82) is 0 Å². The van der Waals surface area contributed by atoms with Crippen molar-refractivity contribution >= 4 is 33.4 Å². The van der Waals surface area contributed by atoms with Crippen molar-refractivity contribution in [3.63, 3.8) is 0 Å². The predicted molar refractivity (Wildman–Crippen MR) is 138 cm³/mol. The number of para-hydroxylation sites is 2. The Bertz CT molecular complexity index is 1380. The van der Waals surface area contributed by atoms with E-state index in [-0.39, 0.29) is 30.3 Å². The van der Waals surface area contributed by atoms with E-state index < -0.39 is 6.10 Å². The van der Waals surface area contributed by atoms with E-state index in [9.17, 15) is 14.7 Å². The molecule has 35 heavy (non-hydrogen) atoms. The minimum Gasteiger partial charge on any atom is -0.389 e. The second-order valence-electron chi connectivity index (χ2n) is 8.60. The highest BCUT2D eigenvalue weighted by Gasteiger charge is 2.27. The van der Waals surface area contributed by atoms with Crippen LogP contribution in [0.3, 0.4) is 0 Å². The number of rotatable bonds is 10. The second-order valence-corrected chi connectivity index (χ2v) is 8.60. The summed E-state index contributed by atoms with van der Waals surface area (Å²) in [5, 5.41) is 16.4. The lowest BCUT2D eigenvalue weighted by Gasteiger charge is -2.22. The highest BCUT2D eigenvalue weighted by Crippen LogP contribution is 2.29. The standard InChI is InChI=1S/C27H32N4O4/c1-4-6-16-35-18-20(32)17-31-27(34)25-23(21-14-10-11-15-22(21)29(25)3)24(28-31)26(33)30(5-2)19-12-8-7-9-13-19/h7-15,20,32H,4-6,16-18H2,1-3H3/t20-/m1/s1. The van der Waals surface area contributed by atoms with Gasteiger partial charge in [-0.3, -0.25) is 9.59 Å². The van der Waals surface area contributed by atoms with Gasteiger partial charge in [-0.15, -0.1) is 0 Å². The number of carbonyl (C=O) groups excluding carboxylic acids is 1. The minimum absolute atomic E-state index is 0.0693. The number of aromatic nitrogens is 3. The Morgan fingerprint density at radius 2 is 1.83 bits per heavy atom. The van der Waals surface area contributed by atoms with Crippen LogP contribution in [0.15, 0.2) is 59.4 Å². The average Bonchev–Trinajstić information content (AvgIpc) is 3.17. The van der Waals surface area contributed by atoms with Gasteiger partial charge in [0.2, 0.25) is 0 Å². The highest BCUT2D eigenvalue weighted by molar-refractivity contribution is 6.20.